The summed E-state index contributed by atoms with van der Waals surface area (Å²) in [4.78, 5) is 0. The van der Waals surface area contributed by atoms with Gasteiger partial charge in [-0.05, 0) is 50.4 Å². The quantitative estimate of drug-likeness (QED) is 0.311. The van der Waals surface area contributed by atoms with Crippen LogP contribution in [0.3, 0.4) is 0 Å². The first kappa shape index (κ1) is 22.5. The summed E-state index contributed by atoms with van der Waals surface area (Å²) < 4.78 is 8.22. The van der Waals surface area contributed by atoms with Crippen molar-refractivity contribution in [2.24, 2.45) is 23.7 Å². The van der Waals surface area contributed by atoms with Gasteiger partial charge in [0.05, 0.1) is 53.5 Å². The Bertz CT molecular complexity index is 578. The van der Waals surface area contributed by atoms with Gasteiger partial charge in [-0.15, -0.1) is 0 Å². The smallest absolute Gasteiger partial charge is 0.102 e. The van der Waals surface area contributed by atoms with Crippen LogP contribution in [0.2, 0.25) is 0 Å². The third kappa shape index (κ3) is 4.47. The fraction of sp³-hybridized carbons (Fsp3) is 0.920. The van der Waals surface area contributed by atoms with E-state index in [4.69, 9.17) is 4.74 Å². The molecular formula is C25H44IN2O+. The van der Waals surface area contributed by atoms with E-state index in [9.17, 15) is 0 Å². The Balaban J connectivity index is 0.00000205. The van der Waals surface area contributed by atoms with Crippen LogP contribution in [0.4, 0.5) is 0 Å². The zero-order valence-corrected chi connectivity index (χ0v) is 21.2. The Morgan fingerprint density at radius 3 is 1.83 bits per heavy atom. The molecule has 0 radical (unpaired) electrons. The van der Waals surface area contributed by atoms with E-state index in [1.165, 1.54) is 106 Å². The van der Waals surface area contributed by atoms with Gasteiger partial charge in [0.15, 0.2) is 0 Å². The molecule has 5 aliphatic rings. The molecule has 2 saturated heterocycles. The van der Waals surface area contributed by atoms with Gasteiger partial charge >= 0.3 is 0 Å². The van der Waals surface area contributed by atoms with Crippen molar-refractivity contribution < 1.29 is 37.7 Å². The molecule has 4 unspecified atom stereocenters. The van der Waals surface area contributed by atoms with Crippen molar-refractivity contribution in [3.63, 3.8) is 0 Å². The van der Waals surface area contributed by atoms with Crippen LogP contribution in [0.5, 0.6) is 0 Å². The van der Waals surface area contributed by atoms with E-state index >= 15 is 0 Å². The van der Waals surface area contributed by atoms with Crippen LogP contribution in [-0.4, -0.2) is 75.5 Å². The Morgan fingerprint density at radius 2 is 1.28 bits per heavy atom. The monoisotopic (exact) mass is 515 g/mol. The van der Waals surface area contributed by atoms with Gasteiger partial charge in [0.1, 0.15) is 13.1 Å². The van der Waals surface area contributed by atoms with Crippen LogP contribution in [-0.2, 0) is 4.74 Å². The van der Waals surface area contributed by atoms with E-state index in [-0.39, 0.29) is 24.0 Å². The molecule has 3 aliphatic carbocycles. The number of morpholine rings is 1. The molecule has 0 N–H and O–H groups in total. The van der Waals surface area contributed by atoms with E-state index in [0.717, 1.165) is 36.9 Å². The Labute approximate surface area is 196 Å². The number of nitrogens with zero attached hydrogens (tertiary/aromatic N) is 2. The van der Waals surface area contributed by atoms with E-state index in [1.54, 1.807) is 0 Å². The summed E-state index contributed by atoms with van der Waals surface area (Å²) in [6.07, 6.45) is 13.3. The summed E-state index contributed by atoms with van der Waals surface area (Å²) in [5.74, 6) is 3.99. The molecule has 5 rings (SSSR count). The van der Waals surface area contributed by atoms with Gasteiger partial charge in [-0.25, -0.2) is 0 Å². The second-order valence-electron chi connectivity index (χ2n) is 11.5. The number of likely N-dealkylation sites (tertiary alicyclic amines) is 1. The highest BCUT2D eigenvalue weighted by Gasteiger charge is 2.54. The maximum Gasteiger partial charge on any atom is 0.102 e. The molecule has 0 amide bonds. The third-order valence-corrected chi connectivity index (χ3v) is 9.56. The fourth-order valence-corrected chi connectivity index (χ4v) is 8.06. The Kier molecular flexibility index (Phi) is 7.05. The van der Waals surface area contributed by atoms with Crippen molar-refractivity contribution in [2.75, 3.05) is 66.6 Å². The van der Waals surface area contributed by atoms with Gasteiger partial charge in [0.2, 0.25) is 0 Å². The van der Waals surface area contributed by atoms with E-state index in [2.05, 4.69) is 14.1 Å². The zero-order valence-electron chi connectivity index (χ0n) is 19.0. The molecule has 4 fully saturated rings. The Morgan fingerprint density at radius 1 is 0.759 bits per heavy atom. The number of quaternary nitrogens is 2. The lowest BCUT2D eigenvalue weighted by Gasteiger charge is -2.45. The van der Waals surface area contributed by atoms with Crippen molar-refractivity contribution in [1.29, 1.82) is 0 Å². The highest BCUT2D eigenvalue weighted by Crippen LogP contribution is 2.55. The lowest BCUT2D eigenvalue weighted by Crippen LogP contribution is -3.00. The second kappa shape index (κ2) is 9.07. The van der Waals surface area contributed by atoms with Gasteiger partial charge in [-0.1, -0.05) is 24.0 Å². The zero-order chi connectivity index (χ0) is 19.2. The molecule has 29 heavy (non-hydrogen) atoms. The minimum atomic E-state index is 0. The molecule has 0 aromatic heterocycles. The van der Waals surface area contributed by atoms with Gasteiger partial charge in [-0.2, -0.15) is 0 Å². The SMILES string of the molecule is C[N+]1(CCC[N+]2(C)CC3C4CCCCC4=C4CCCCC4C3C2)CCOCC1.[I-]. The largest absolute Gasteiger partial charge is 1.00 e. The Hall–Kier alpha value is 0.350. The van der Waals surface area contributed by atoms with Gasteiger partial charge < -0.3 is 37.7 Å². The number of ether oxygens (including phenoxy) is 1. The predicted octanol–water partition coefficient (Wildman–Crippen LogP) is 1.24. The number of rotatable bonds is 4. The molecule has 2 saturated carbocycles. The van der Waals surface area contributed by atoms with Crippen molar-refractivity contribution in [3.8, 4) is 0 Å². The molecule has 166 valence electrons. The topological polar surface area (TPSA) is 9.23 Å². The van der Waals surface area contributed by atoms with Gasteiger partial charge in [-0.3, -0.25) is 0 Å². The molecule has 0 aromatic rings. The first-order valence-corrected chi connectivity index (χ1v) is 12.5. The molecule has 3 nitrogen and oxygen atoms in total. The summed E-state index contributed by atoms with van der Waals surface area (Å²) >= 11 is 0. The second-order valence-corrected chi connectivity index (χ2v) is 11.5. The number of halogens is 1. The minimum absolute atomic E-state index is 0. The van der Waals surface area contributed by atoms with Crippen molar-refractivity contribution in [3.05, 3.63) is 11.1 Å². The number of fused-ring (bicyclic) bond motifs is 5. The minimum Gasteiger partial charge on any atom is -1.00 e. The van der Waals surface area contributed by atoms with Crippen LogP contribution in [0, 0.1) is 23.7 Å². The lowest BCUT2D eigenvalue weighted by atomic mass is 9.58. The average molecular weight is 516 g/mol. The van der Waals surface area contributed by atoms with Crippen molar-refractivity contribution in [2.45, 2.75) is 57.8 Å². The summed E-state index contributed by atoms with van der Waals surface area (Å²) in [5, 5.41) is 0. The van der Waals surface area contributed by atoms with Crippen LogP contribution in [0.25, 0.3) is 0 Å². The predicted molar refractivity (Wildman–Crippen MR) is 115 cm³/mol. The summed E-state index contributed by atoms with van der Waals surface area (Å²) in [7, 11) is 5.07. The molecule has 0 bridgehead atoms. The first-order chi connectivity index (χ1) is 13.6. The van der Waals surface area contributed by atoms with E-state index in [1.807, 2.05) is 11.1 Å². The molecule has 4 atom stereocenters. The average Bonchev–Trinajstić information content (AvgIpc) is 3.06. The molecule has 0 aromatic carbocycles. The molecule has 0 spiro atoms. The summed E-state index contributed by atoms with van der Waals surface area (Å²) in [6.45, 7) is 10.1. The van der Waals surface area contributed by atoms with Gasteiger partial charge in [0, 0.05) is 18.3 Å². The van der Waals surface area contributed by atoms with Crippen LogP contribution in [0.15, 0.2) is 11.1 Å². The molecule has 2 heterocycles. The first-order valence-electron chi connectivity index (χ1n) is 12.5. The van der Waals surface area contributed by atoms with Crippen molar-refractivity contribution in [1.82, 2.24) is 0 Å². The molecule has 4 heteroatoms. The maximum atomic E-state index is 5.61. The van der Waals surface area contributed by atoms with Crippen molar-refractivity contribution >= 4 is 0 Å². The lowest BCUT2D eigenvalue weighted by molar-refractivity contribution is -0.928. The van der Waals surface area contributed by atoms with Crippen LogP contribution < -0.4 is 24.0 Å². The number of hydrogen-bond donors (Lipinski definition) is 0. The summed E-state index contributed by atoms with van der Waals surface area (Å²) in [6, 6.07) is 0. The normalized spacial score (nSPS) is 41.2. The number of allylic oxidation sites excluding steroid dienone is 2. The van der Waals surface area contributed by atoms with E-state index < -0.39 is 0 Å². The fourth-order valence-electron chi connectivity index (χ4n) is 8.06. The number of likely N-dealkylation sites (N-methyl/N-ethyl adjacent to an activating group) is 1. The van der Waals surface area contributed by atoms with Crippen LogP contribution in [0.1, 0.15) is 57.8 Å². The third-order valence-electron chi connectivity index (χ3n) is 9.56. The highest BCUT2D eigenvalue weighted by molar-refractivity contribution is 5.28. The summed E-state index contributed by atoms with van der Waals surface area (Å²) in [5.41, 5.74) is 3.99. The number of hydrogen-bond acceptors (Lipinski definition) is 1. The standard InChI is InChI=1S/C25H44N2O.HI/c1-26(14-16-28-17-15-26)12-7-13-27(2)18-24-22-10-5-3-8-20(22)21-9-4-6-11-23(21)25(24)19-27;/h22-25H,3-19H2,1-2H3;1H/q+2;/p-1. The van der Waals surface area contributed by atoms with Gasteiger partial charge in [0.25, 0.3) is 0 Å². The molecular weight excluding hydrogens is 471 g/mol. The maximum absolute atomic E-state index is 5.61. The van der Waals surface area contributed by atoms with E-state index in [0.29, 0.717) is 0 Å². The molecule has 2 aliphatic heterocycles. The highest BCUT2D eigenvalue weighted by atomic mass is 127. The van der Waals surface area contributed by atoms with Crippen LogP contribution >= 0.6 is 0 Å².